The molecule has 0 radical (unpaired) electrons. The molecule has 128 valence electrons. The summed E-state index contributed by atoms with van der Waals surface area (Å²) in [6, 6.07) is 8.67. The smallest absolute Gasteiger partial charge is 0.191 e. The van der Waals surface area contributed by atoms with Crippen LogP contribution in [0.4, 0.5) is 5.69 Å². The third-order valence-electron chi connectivity index (χ3n) is 3.46. The number of halogens is 1. The van der Waals surface area contributed by atoms with E-state index in [4.69, 9.17) is 0 Å². The van der Waals surface area contributed by atoms with E-state index in [0.29, 0.717) is 6.54 Å². The summed E-state index contributed by atoms with van der Waals surface area (Å²) in [5, 5.41) is 6.65. The molecule has 0 bridgehead atoms. The number of hydrogen-bond donors (Lipinski definition) is 2. The first-order valence-electron chi connectivity index (χ1n) is 7.83. The number of hydrogen-bond acceptors (Lipinski definition) is 3. The van der Waals surface area contributed by atoms with Crippen molar-refractivity contribution >= 4 is 47.4 Å². The number of guanidine groups is 1. The molecule has 0 saturated carbocycles. The highest BCUT2D eigenvalue weighted by Crippen LogP contribution is 2.18. The maximum absolute atomic E-state index is 4.67. The van der Waals surface area contributed by atoms with Gasteiger partial charge in [0.25, 0.3) is 0 Å². The van der Waals surface area contributed by atoms with Gasteiger partial charge in [0.05, 0.1) is 6.54 Å². The van der Waals surface area contributed by atoms with E-state index in [1.165, 1.54) is 11.3 Å². The average Bonchev–Trinajstić information content (AvgIpc) is 3.07. The van der Waals surface area contributed by atoms with Gasteiger partial charge in [0.15, 0.2) is 5.96 Å². The highest BCUT2D eigenvalue weighted by atomic mass is 127. The first-order chi connectivity index (χ1) is 10.8. The van der Waals surface area contributed by atoms with Gasteiger partial charge < -0.3 is 15.5 Å². The summed E-state index contributed by atoms with van der Waals surface area (Å²) < 4.78 is 0. The van der Waals surface area contributed by atoms with Crippen LogP contribution in [0.25, 0.3) is 0 Å². The third-order valence-corrected chi connectivity index (χ3v) is 4.07. The Morgan fingerprint density at radius 3 is 2.74 bits per heavy atom. The van der Waals surface area contributed by atoms with Gasteiger partial charge in [0.1, 0.15) is 0 Å². The lowest BCUT2D eigenvalue weighted by Crippen LogP contribution is -2.38. The lowest BCUT2D eigenvalue weighted by atomic mass is 10.2. The van der Waals surface area contributed by atoms with Crippen LogP contribution in [0, 0.1) is 0 Å². The molecule has 0 saturated heterocycles. The van der Waals surface area contributed by atoms with E-state index in [0.717, 1.165) is 37.9 Å². The standard InChI is InChI=1S/C17H26N4S.HI/c1-3-18-17(19-9-12-22-2)20-14-15-7-6-8-16(13-15)21-10-4-5-11-21;/h4-8,13H,3,9-12,14H2,1-2H3,(H2,18,19,20);1H. The fraction of sp³-hybridized carbons (Fsp3) is 0.471. The van der Waals surface area contributed by atoms with Crippen molar-refractivity contribution in [3.05, 3.63) is 42.0 Å². The Kier molecular flexibility index (Phi) is 10.2. The number of benzene rings is 1. The Labute approximate surface area is 161 Å². The van der Waals surface area contributed by atoms with Gasteiger partial charge in [0.2, 0.25) is 0 Å². The predicted octanol–water partition coefficient (Wildman–Crippen LogP) is 3.10. The Balaban J connectivity index is 0.00000264. The lowest BCUT2D eigenvalue weighted by Gasteiger charge is -2.18. The molecule has 0 atom stereocenters. The molecule has 1 aliphatic rings. The van der Waals surface area contributed by atoms with Crippen molar-refractivity contribution in [3.8, 4) is 0 Å². The molecular weight excluding hydrogens is 419 g/mol. The summed E-state index contributed by atoms with van der Waals surface area (Å²) in [4.78, 5) is 7.03. The fourth-order valence-electron chi connectivity index (χ4n) is 2.32. The van der Waals surface area contributed by atoms with E-state index < -0.39 is 0 Å². The molecule has 1 aromatic rings. The van der Waals surface area contributed by atoms with E-state index in [-0.39, 0.29) is 24.0 Å². The molecule has 1 aromatic carbocycles. The molecule has 23 heavy (non-hydrogen) atoms. The SMILES string of the molecule is CCNC(=NCc1cccc(N2CC=CC2)c1)NCCSC.I. The topological polar surface area (TPSA) is 39.7 Å². The van der Waals surface area contributed by atoms with Crippen LogP contribution in [0.5, 0.6) is 0 Å². The van der Waals surface area contributed by atoms with Crippen LogP contribution >= 0.6 is 35.7 Å². The largest absolute Gasteiger partial charge is 0.364 e. The minimum absolute atomic E-state index is 0. The van der Waals surface area contributed by atoms with Crippen molar-refractivity contribution < 1.29 is 0 Å². The summed E-state index contributed by atoms with van der Waals surface area (Å²) in [6.07, 6.45) is 6.54. The van der Waals surface area contributed by atoms with E-state index >= 15 is 0 Å². The van der Waals surface area contributed by atoms with Gasteiger partial charge in [-0.15, -0.1) is 24.0 Å². The molecule has 2 rings (SSSR count). The molecule has 0 unspecified atom stereocenters. The number of thioether (sulfide) groups is 1. The molecule has 1 heterocycles. The van der Waals surface area contributed by atoms with Crippen molar-refractivity contribution in [2.75, 3.05) is 43.1 Å². The van der Waals surface area contributed by atoms with Gasteiger partial charge in [0, 0.05) is 37.6 Å². The summed E-state index contributed by atoms with van der Waals surface area (Å²) in [6.45, 7) is 6.62. The summed E-state index contributed by atoms with van der Waals surface area (Å²) in [5.74, 6) is 1.98. The van der Waals surface area contributed by atoms with Crippen LogP contribution in [-0.2, 0) is 6.54 Å². The Morgan fingerprint density at radius 2 is 2.04 bits per heavy atom. The van der Waals surface area contributed by atoms with Crippen LogP contribution in [0.15, 0.2) is 41.4 Å². The molecule has 0 aromatic heterocycles. The van der Waals surface area contributed by atoms with E-state index in [9.17, 15) is 0 Å². The molecule has 1 aliphatic heterocycles. The summed E-state index contributed by atoms with van der Waals surface area (Å²) >= 11 is 1.84. The molecule has 2 N–H and O–H groups in total. The van der Waals surface area contributed by atoms with Crippen molar-refractivity contribution in [1.82, 2.24) is 10.6 Å². The minimum atomic E-state index is 0. The van der Waals surface area contributed by atoms with Gasteiger partial charge in [-0.3, -0.25) is 0 Å². The minimum Gasteiger partial charge on any atom is -0.364 e. The van der Waals surface area contributed by atoms with Gasteiger partial charge >= 0.3 is 0 Å². The monoisotopic (exact) mass is 446 g/mol. The van der Waals surface area contributed by atoms with Crippen LogP contribution in [-0.4, -0.2) is 44.1 Å². The van der Waals surface area contributed by atoms with Crippen molar-refractivity contribution in [3.63, 3.8) is 0 Å². The van der Waals surface area contributed by atoms with E-state index in [2.05, 4.69) is 70.1 Å². The van der Waals surface area contributed by atoms with Crippen molar-refractivity contribution in [1.29, 1.82) is 0 Å². The second-order valence-electron chi connectivity index (χ2n) is 5.16. The van der Waals surface area contributed by atoms with Crippen LogP contribution in [0.2, 0.25) is 0 Å². The van der Waals surface area contributed by atoms with Crippen LogP contribution < -0.4 is 15.5 Å². The van der Waals surface area contributed by atoms with Gasteiger partial charge in [-0.25, -0.2) is 4.99 Å². The number of aliphatic imine (C=N–C) groups is 1. The Hall–Kier alpha value is -0.890. The second kappa shape index (κ2) is 11.6. The third kappa shape index (κ3) is 7.03. The maximum atomic E-state index is 4.67. The molecule has 0 spiro atoms. The van der Waals surface area contributed by atoms with Gasteiger partial charge in [-0.05, 0) is 30.9 Å². The van der Waals surface area contributed by atoms with Crippen molar-refractivity contribution in [2.24, 2.45) is 4.99 Å². The van der Waals surface area contributed by atoms with E-state index in [1.807, 2.05) is 11.8 Å². The Morgan fingerprint density at radius 1 is 1.26 bits per heavy atom. The highest BCUT2D eigenvalue weighted by Gasteiger charge is 2.07. The summed E-state index contributed by atoms with van der Waals surface area (Å²) in [5.41, 5.74) is 2.52. The zero-order valence-corrected chi connectivity index (χ0v) is 17.1. The zero-order chi connectivity index (χ0) is 15.6. The first-order valence-corrected chi connectivity index (χ1v) is 9.23. The number of nitrogens with zero attached hydrogens (tertiary/aromatic N) is 2. The molecular formula is C17H27IN4S. The Bertz CT molecular complexity index is 511. The first kappa shape index (κ1) is 20.2. The summed E-state index contributed by atoms with van der Waals surface area (Å²) in [7, 11) is 0. The normalized spacial score (nSPS) is 13.8. The van der Waals surface area contributed by atoms with Crippen molar-refractivity contribution in [2.45, 2.75) is 13.5 Å². The second-order valence-corrected chi connectivity index (χ2v) is 6.15. The number of nitrogens with one attached hydrogen (secondary N) is 2. The van der Waals surface area contributed by atoms with E-state index in [1.54, 1.807) is 0 Å². The lowest BCUT2D eigenvalue weighted by molar-refractivity contribution is 0.843. The quantitative estimate of drug-likeness (QED) is 0.222. The fourth-order valence-corrected chi connectivity index (χ4v) is 2.63. The number of anilines is 1. The molecule has 6 heteroatoms. The van der Waals surface area contributed by atoms with Crippen LogP contribution in [0.1, 0.15) is 12.5 Å². The zero-order valence-electron chi connectivity index (χ0n) is 13.9. The predicted molar refractivity (Wildman–Crippen MR) is 114 cm³/mol. The maximum Gasteiger partial charge on any atom is 0.191 e. The molecule has 0 amide bonds. The van der Waals surface area contributed by atoms with Gasteiger partial charge in [-0.2, -0.15) is 11.8 Å². The average molecular weight is 446 g/mol. The molecule has 0 aliphatic carbocycles. The number of rotatable bonds is 7. The highest BCUT2D eigenvalue weighted by molar-refractivity contribution is 14.0. The van der Waals surface area contributed by atoms with Crippen LogP contribution in [0.3, 0.4) is 0 Å². The molecule has 0 fully saturated rings. The molecule has 4 nitrogen and oxygen atoms in total. The van der Waals surface area contributed by atoms with Gasteiger partial charge in [-0.1, -0.05) is 24.3 Å².